The second-order valence-electron chi connectivity index (χ2n) is 3.33. The van der Waals surface area contributed by atoms with Gasteiger partial charge in [0.25, 0.3) is 0 Å². The number of hydrogen-bond donors (Lipinski definition) is 1. The SMILES string of the molecule is SCCCCCOc1c(I)cc(I)cc1I. The van der Waals surface area contributed by atoms with Crippen LogP contribution in [0.25, 0.3) is 0 Å². The van der Waals surface area contributed by atoms with Crippen LogP contribution in [0.4, 0.5) is 0 Å². The van der Waals surface area contributed by atoms with Gasteiger partial charge in [0.05, 0.1) is 13.7 Å². The Bertz CT molecular complexity index is 321. The van der Waals surface area contributed by atoms with Gasteiger partial charge in [-0.3, -0.25) is 0 Å². The molecule has 0 fully saturated rings. The number of halogens is 3. The lowest BCUT2D eigenvalue weighted by atomic mass is 10.3. The summed E-state index contributed by atoms with van der Waals surface area (Å²) >= 11 is 11.2. The monoisotopic (exact) mass is 574 g/mol. The quantitative estimate of drug-likeness (QED) is 0.287. The predicted molar refractivity (Wildman–Crippen MR) is 97.8 cm³/mol. The summed E-state index contributed by atoms with van der Waals surface area (Å²) in [6.45, 7) is 0.806. The van der Waals surface area contributed by atoms with Crippen LogP contribution in [0.3, 0.4) is 0 Å². The topological polar surface area (TPSA) is 9.23 Å². The lowest BCUT2D eigenvalue weighted by molar-refractivity contribution is 0.302. The number of thiol groups is 1. The molecule has 0 saturated carbocycles. The number of ether oxygens (including phenoxy) is 1. The van der Waals surface area contributed by atoms with E-state index in [0.717, 1.165) is 24.5 Å². The van der Waals surface area contributed by atoms with E-state index in [4.69, 9.17) is 4.74 Å². The minimum Gasteiger partial charge on any atom is -0.491 e. The fourth-order valence-corrected chi connectivity index (χ4v) is 5.35. The summed E-state index contributed by atoms with van der Waals surface area (Å²) in [6, 6.07) is 4.29. The van der Waals surface area contributed by atoms with Gasteiger partial charge in [0.1, 0.15) is 5.75 Å². The molecule has 1 nitrogen and oxygen atoms in total. The molecule has 0 aliphatic carbocycles. The van der Waals surface area contributed by atoms with Crippen molar-refractivity contribution in [1.29, 1.82) is 0 Å². The first-order valence-corrected chi connectivity index (χ1v) is 8.90. The largest absolute Gasteiger partial charge is 0.491 e. The van der Waals surface area contributed by atoms with Gasteiger partial charge in [-0.2, -0.15) is 12.6 Å². The predicted octanol–water partition coefficient (Wildman–Crippen LogP) is 4.98. The van der Waals surface area contributed by atoms with Crippen LogP contribution in [-0.4, -0.2) is 12.4 Å². The van der Waals surface area contributed by atoms with Crippen molar-refractivity contribution in [3.63, 3.8) is 0 Å². The zero-order valence-electron chi connectivity index (χ0n) is 8.68. The molecule has 0 aromatic heterocycles. The fraction of sp³-hybridized carbons (Fsp3) is 0.455. The average Bonchev–Trinajstić information content (AvgIpc) is 2.20. The molecule has 0 spiro atoms. The van der Waals surface area contributed by atoms with E-state index in [2.05, 4.69) is 92.5 Å². The maximum absolute atomic E-state index is 5.83. The first kappa shape index (κ1) is 15.6. The molecule has 90 valence electrons. The van der Waals surface area contributed by atoms with Crippen LogP contribution in [-0.2, 0) is 0 Å². The molecule has 0 atom stereocenters. The minimum absolute atomic E-state index is 0.806. The second-order valence-corrected chi connectivity index (χ2v) is 7.35. The Morgan fingerprint density at radius 2 is 1.62 bits per heavy atom. The second kappa shape index (κ2) is 8.63. The highest BCUT2D eigenvalue weighted by molar-refractivity contribution is 14.1. The molecule has 1 aromatic rings. The van der Waals surface area contributed by atoms with Gasteiger partial charge in [-0.05, 0) is 105 Å². The normalized spacial score (nSPS) is 10.5. The van der Waals surface area contributed by atoms with E-state index in [9.17, 15) is 0 Å². The van der Waals surface area contributed by atoms with Crippen molar-refractivity contribution in [3.8, 4) is 5.75 Å². The Kier molecular flexibility index (Phi) is 8.42. The number of unbranched alkanes of at least 4 members (excludes halogenated alkanes) is 2. The Labute approximate surface area is 143 Å². The highest BCUT2D eigenvalue weighted by Crippen LogP contribution is 2.29. The molecule has 16 heavy (non-hydrogen) atoms. The number of benzene rings is 1. The third kappa shape index (κ3) is 5.47. The minimum atomic E-state index is 0.806. The molecule has 1 rings (SSSR count). The molecule has 1 aromatic carbocycles. The van der Waals surface area contributed by atoms with Crippen LogP contribution >= 0.6 is 80.4 Å². The molecule has 0 aliphatic heterocycles. The molecule has 5 heteroatoms. The zero-order valence-corrected chi connectivity index (χ0v) is 16.0. The third-order valence-corrected chi connectivity index (χ3v) is 4.55. The van der Waals surface area contributed by atoms with E-state index in [1.807, 2.05) is 0 Å². The zero-order chi connectivity index (χ0) is 12.0. The van der Waals surface area contributed by atoms with E-state index in [1.54, 1.807) is 0 Å². The van der Waals surface area contributed by atoms with Crippen LogP contribution in [0.15, 0.2) is 12.1 Å². The Hall–Kier alpha value is 1.56. The van der Waals surface area contributed by atoms with Crippen molar-refractivity contribution in [2.75, 3.05) is 12.4 Å². The van der Waals surface area contributed by atoms with Gasteiger partial charge in [-0.25, -0.2) is 0 Å². The molecule has 0 saturated heterocycles. The lowest BCUT2D eigenvalue weighted by Crippen LogP contribution is -2.01. The third-order valence-electron chi connectivity index (χ3n) is 2.01. The van der Waals surface area contributed by atoms with Crippen molar-refractivity contribution in [1.82, 2.24) is 0 Å². The molecule has 0 amide bonds. The first-order chi connectivity index (χ1) is 7.65. The summed E-state index contributed by atoms with van der Waals surface area (Å²) in [6.07, 6.45) is 3.48. The fourth-order valence-electron chi connectivity index (χ4n) is 1.23. The van der Waals surface area contributed by atoms with Crippen molar-refractivity contribution in [2.24, 2.45) is 0 Å². The molecule has 0 N–H and O–H groups in total. The standard InChI is InChI=1S/C11H13I3OS/c12-8-6-9(13)11(10(14)7-8)15-4-2-1-3-5-16/h6-7,16H,1-5H2. The summed E-state index contributed by atoms with van der Waals surface area (Å²) in [5.41, 5.74) is 0. The lowest BCUT2D eigenvalue weighted by Gasteiger charge is -2.10. The maximum atomic E-state index is 5.83. The van der Waals surface area contributed by atoms with Crippen molar-refractivity contribution >= 4 is 80.4 Å². The van der Waals surface area contributed by atoms with Crippen LogP contribution in [0, 0.1) is 10.7 Å². The Balaban J connectivity index is 2.47. The van der Waals surface area contributed by atoms with E-state index < -0.39 is 0 Å². The van der Waals surface area contributed by atoms with Crippen molar-refractivity contribution < 1.29 is 4.74 Å². The summed E-state index contributed by atoms with van der Waals surface area (Å²) in [5.74, 6) is 2.01. The van der Waals surface area contributed by atoms with Gasteiger partial charge in [0.15, 0.2) is 0 Å². The molecule has 0 unspecified atom stereocenters. The Morgan fingerprint density at radius 3 is 2.19 bits per heavy atom. The van der Waals surface area contributed by atoms with Gasteiger partial charge in [-0.15, -0.1) is 0 Å². The molecule has 0 radical (unpaired) electrons. The highest BCUT2D eigenvalue weighted by Gasteiger charge is 2.07. The summed E-state index contributed by atoms with van der Waals surface area (Å²) < 4.78 is 9.48. The van der Waals surface area contributed by atoms with Crippen LogP contribution in [0.2, 0.25) is 0 Å². The van der Waals surface area contributed by atoms with Crippen LogP contribution in [0.5, 0.6) is 5.75 Å². The van der Waals surface area contributed by atoms with Crippen LogP contribution < -0.4 is 4.74 Å². The van der Waals surface area contributed by atoms with Gasteiger partial charge in [-0.1, -0.05) is 0 Å². The van der Waals surface area contributed by atoms with Gasteiger partial charge >= 0.3 is 0 Å². The van der Waals surface area contributed by atoms with E-state index >= 15 is 0 Å². The van der Waals surface area contributed by atoms with Crippen LogP contribution in [0.1, 0.15) is 19.3 Å². The first-order valence-electron chi connectivity index (χ1n) is 5.03. The van der Waals surface area contributed by atoms with E-state index in [0.29, 0.717) is 0 Å². The highest BCUT2D eigenvalue weighted by atomic mass is 127. The number of rotatable bonds is 6. The average molecular weight is 574 g/mol. The van der Waals surface area contributed by atoms with E-state index in [-0.39, 0.29) is 0 Å². The summed E-state index contributed by atoms with van der Waals surface area (Å²) in [5, 5.41) is 0. The van der Waals surface area contributed by atoms with Gasteiger partial charge in [0.2, 0.25) is 0 Å². The van der Waals surface area contributed by atoms with Gasteiger partial charge < -0.3 is 4.74 Å². The summed E-state index contributed by atoms with van der Waals surface area (Å²) in [7, 11) is 0. The van der Waals surface area contributed by atoms with Crippen molar-refractivity contribution in [3.05, 3.63) is 22.8 Å². The number of hydrogen-bond acceptors (Lipinski definition) is 2. The molecular weight excluding hydrogens is 561 g/mol. The molecule has 0 aliphatic rings. The molecule has 0 bridgehead atoms. The maximum Gasteiger partial charge on any atom is 0.145 e. The Morgan fingerprint density at radius 1 is 1.00 bits per heavy atom. The molecule has 0 heterocycles. The van der Waals surface area contributed by atoms with Gasteiger partial charge in [0, 0.05) is 3.57 Å². The summed E-state index contributed by atoms with van der Waals surface area (Å²) in [4.78, 5) is 0. The smallest absolute Gasteiger partial charge is 0.145 e. The van der Waals surface area contributed by atoms with Crippen molar-refractivity contribution in [2.45, 2.75) is 19.3 Å². The van der Waals surface area contributed by atoms with E-state index in [1.165, 1.54) is 23.6 Å². The molecular formula is C11H13I3OS.